The molecule has 0 radical (unpaired) electrons. The van der Waals surface area contributed by atoms with Crippen molar-refractivity contribution in [2.45, 2.75) is 43.0 Å². The molecule has 2 fully saturated rings. The molecule has 0 saturated carbocycles. The van der Waals surface area contributed by atoms with Crippen LogP contribution in [-0.2, 0) is 19.2 Å². The molecule has 2 aliphatic rings. The highest BCUT2D eigenvalue weighted by molar-refractivity contribution is 8.01. The van der Waals surface area contributed by atoms with Crippen LogP contribution in [0.15, 0.2) is 15.2 Å². The maximum Gasteiger partial charge on any atom is 0.327 e. The van der Waals surface area contributed by atoms with Crippen molar-refractivity contribution in [3.8, 4) is 0 Å². The highest BCUT2D eigenvalue weighted by atomic mass is 35.5. The van der Waals surface area contributed by atoms with Crippen LogP contribution >= 0.6 is 35.0 Å². The van der Waals surface area contributed by atoms with E-state index in [9.17, 15) is 19.5 Å². The second-order valence-electron chi connectivity index (χ2n) is 6.06. The van der Waals surface area contributed by atoms with Gasteiger partial charge in [0.15, 0.2) is 5.71 Å². The van der Waals surface area contributed by atoms with Gasteiger partial charge in [0.05, 0.1) is 0 Å². The smallest absolute Gasteiger partial charge is 0.327 e. The molecule has 25 heavy (non-hydrogen) atoms. The molecule has 0 aromatic heterocycles. The minimum atomic E-state index is -1.08. The zero-order valence-electron chi connectivity index (χ0n) is 13.9. The van der Waals surface area contributed by atoms with Crippen molar-refractivity contribution < 1.29 is 24.3 Å². The molecule has 138 valence electrons. The summed E-state index contributed by atoms with van der Waals surface area (Å²) in [7, 11) is 1.26. The fourth-order valence-electron chi connectivity index (χ4n) is 2.82. The average molecular weight is 410 g/mol. The second-order valence-corrected chi connectivity index (χ2v) is 8.78. The number of carboxylic acids is 1. The standard InChI is InChI=1S/C14H17Cl2N3O5S/c1-5(9(15)16)6(18-24-4)10(20)17-7-11(21)19-8(13(22)23)14(2,3)25-12(7)19/h7-8,12H,1-4H3,(H,17,20)(H,22,23)/b18-6+/t7-,8+,12-/m1/s1. The molecule has 2 saturated heterocycles. The van der Waals surface area contributed by atoms with E-state index < -0.39 is 40.0 Å². The van der Waals surface area contributed by atoms with Crippen LogP contribution in [0.5, 0.6) is 0 Å². The largest absolute Gasteiger partial charge is 0.480 e. The van der Waals surface area contributed by atoms with Crippen molar-refractivity contribution >= 4 is 58.5 Å². The number of oxime groups is 1. The lowest BCUT2D eigenvalue weighted by molar-refractivity contribution is -0.160. The number of hydrogen-bond acceptors (Lipinski definition) is 6. The number of amides is 2. The summed E-state index contributed by atoms with van der Waals surface area (Å²) < 4.78 is -0.834. The van der Waals surface area contributed by atoms with Crippen LogP contribution in [0.3, 0.4) is 0 Å². The lowest BCUT2D eigenvalue weighted by Gasteiger charge is -2.43. The third-order valence-electron chi connectivity index (χ3n) is 4.00. The lowest BCUT2D eigenvalue weighted by Crippen LogP contribution is -2.71. The summed E-state index contributed by atoms with van der Waals surface area (Å²) in [4.78, 5) is 42.2. The first-order valence-electron chi connectivity index (χ1n) is 7.20. The van der Waals surface area contributed by atoms with Crippen LogP contribution in [0.1, 0.15) is 20.8 Å². The van der Waals surface area contributed by atoms with Gasteiger partial charge < -0.3 is 20.2 Å². The SMILES string of the molecule is CO/N=C(/C(=O)N[C@@H]1C(=O)N2[C@@H]1SC(C)(C)[C@@H]2C(=O)O)C(C)=C(Cl)Cl. The van der Waals surface area contributed by atoms with E-state index >= 15 is 0 Å². The first-order valence-corrected chi connectivity index (χ1v) is 8.83. The molecule has 2 N–H and O–H groups in total. The Bertz CT molecular complexity index is 690. The molecule has 0 aliphatic carbocycles. The Morgan fingerprint density at radius 1 is 1.40 bits per heavy atom. The van der Waals surface area contributed by atoms with Gasteiger partial charge in [0.1, 0.15) is 29.1 Å². The molecule has 2 aliphatic heterocycles. The molecule has 11 heteroatoms. The number of fused-ring (bicyclic) bond motifs is 1. The van der Waals surface area contributed by atoms with Gasteiger partial charge in [-0.25, -0.2) is 4.79 Å². The highest BCUT2D eigenvalue weighted by Gasteiger charge is 2.64. The van der Waals surface area contributed by atoms with E-state index in [0.29, 0.717) is 0 Å². The number of carbonyl (C=O) groups is 3. The van der Waals surface area contributed by atoms with Gasteiger partial charge in [0.2, 0.25) is 5.91 Å². The number of hydrogen-bond donors (Lipinski definition) is 2. The predicted molar refractivity (Wildman–Crippen MR) is 94.5 cm³/mol. The molecule has 2 rings (SSSR count). The number of carbonyl (C=O) groups excluding carboxylic acids is 2. The molecule has 0 aromatic rings. The minimum absolute atomic E-state index is 0.158. The van der Waals surface area contributed by atoms with Gasteiger partial charge in [-0.3, -0.25) is 9.59 Å². The Kier molecular flexibility index (Phi) is 5.60. The van der Waals surface area contributed by atoms with Crippen molar-refractivity contribution in [2.75, 3.05) is 7.11 Å². The lowest BCUT2D eigenvalue weighted by atomic mass is 9.96. The molecule has 2 amide bonds. The summed E-state index contributed by atoms with van der Waals surface area (Å²) in [6.07, 6.45) is 0. The predicted octanol–water partition coefficient (Wildman–Crippen LogP) is 1.33. The molecule has 0 bridgehead atoms. The van der Waals surface area contributed by atoms with Crippen LogP contribution in [0.25, 0.3) is 0 Å². The molecule has 3 atom stereocenters. The Morgan fingerprint density at radius 3 is 2.48 bits per heavy atom. The van der Waals surface area contributed by atoms with Gasteiger partial charge in [-0.2, -0.15) is 0 Å². The van der Waals surface area contributed by atoms with Gasteiger partial charge in [-0.05, 0) is 20.8 Å². The Balaban J connectivity index is 2.19. The number of β-lactam (4-membered cyclic amide) rings is 1. The zero-order chi connectivity index (χ0) is 19.1. The first-order chi connectivity index (χ1) is 11.5. The summed E-state index contributed by atoms with van der Waals surface area (Å²) in [5.41, 5.74) is 0.0277. The fourth-order valence-corrected chi connectivity index (χ4v) is 4.62. The summed E-state index contributed by atoms with van der Waals surface area (Å²) in [5.74, 6) is -2.22. The van der Waals surface area contributed by atoms with Gasteiger partial charge >= 0.3 is 5.97 Å². The van der Waals surface area contributed by atoms with E-state index in [1.807, 2.05) is 0 Å². The normalized spacial score (nSPS) is 27.3. The van der Waals surface area contributed by atoms with Crippen LogP contribution in [0.2, 0.25) is 0 Å². The number of nitrogens with zero attached hydrogens (tertiary/aromatic N) is 2. The maximum absolute atomic E-state index is 12.4. The van der Waals surface area contributed by atoms with Crippen molar-refractivity contribution in [3.05, 3.63) is 10.1 Å². The second kappa shape index (κ2) is 7.05. The first kappa shape index (κ1) is 19.9. The van der Waals surface area contributed by atoms with E-state index in [0.717, 1.165) is 0 Å². The maximum atomic E-state index is 12.4. The number of rotatable bonds is 5. The summed E-state index contributed by atoms with van der Waals surface area (Å²) in [6.45, 7) is 4.98. The molecular weight excluding hydrogens is 393 g/mol. The van der Waals surface area contributed by atoms with E-state index in [4.69, 9.17) is 23.2 Å². The van der Waals surface area contributed by atoms with Crippen molar-refractivity contribution in [2.24, 2.45) is 5.16 Å². The Labute approximate surface area is 158 Å². The highest BCUT2D eigenvalue weighted by Crippen LogP contribution is 2.50. The number of carboxylic acid groups (broad SMARTS) is 1. The molecule has 2 heterocycles. The Hall–Kier alpha value is -1.45. The van der Waals surface area contributed by atoms with Crippen molar-refractivity contribution in [3.63, 3.8) is 0 Å². The van der Waals surface area contributed by atoms with Crippen LogP contribution in [0, 0.1) is 0 Å². The summed E-state index contributed by atoms with van der Waals surface area (Å²) >= 11 is 12.7. The van der Waals surface area contributed by atoms with Gasteiger partial charge in [0.25, 0.3) is 5.91 Å². The third-order valence-corrected chi connectivity index (χ3v) is 6.14. The number of aliphatic carboxylic acids is 1. The Morgan fingerprint density at radius 2 is 2.00 bits per heavy atom. The minimum Gasteiger partial charge on any atom is -0.480 e. The van der Waals surface area contributed by atoms with E-state index in [2.05, 4.69) is 15.3 Å². The average Bonchev–Trinajstić information content (AvgIpc) is 2.77. The summed E-state index contributed by atoms with van der Waals surface area (Å²) in [6, 6.07) is -1.81. The zero-order valence-corrected chi connectivity index (χ0v) is 16.2. The van der Waals surface area contributed by atoms with Gasteiger partial charge in [-0.15, -0.1) is 11.8 Å². The van der Waals surface area contributed by atoms with E-state index in [-0.39, 0.29) is 15.8 Å². The van der Waals surface area contributed by atoms with E-state index in [1.54, 1.807) is 13.8 Å². The van der Waals surface area contributed by atoms with Crippen LogP contribution in [0.4, 0.5) is 0 Å². The van der Waals surface area contributed by atoms with Crippen LogP contribution < -0.4 is 5.32 Å². The third kappa shape index (κ3) is 3.45. The van der Waals surface area contributed by atoms with E-state index in [1.165, 1.54) is 30.7 Å². The van der Waals surface area contributed by atoms with Gasteiger partial charge in [-0.1, -0.05) is 28.4 Å². The topological polar surface area (TPSA) is 108 Å². The molecule has 0 aromatic carbocycles. The summed E-state index contributed by atoms with van der Waals surface area (Å²) in [5, 5.41) is 15.1. The fraction of sp³-hybridized carbons (Fsp3) is 0.571. The van der Waals surface area contributed by atoms with Crippen molar-refractivity contribution in [1.29, 1.82) is 0 Å². The number of thioether (sulfide) groups is 1. The number of halogens is 2. The van der Waals surface area contributed by atoms with Crippen LogP contribution in [-0.4, -0.2) is 62.8 Å². The molecular formula is C14H17Cl2N3O5S. The monoisotopic (exact) mass is 409 g/mol. The quantitative estimate of drug-likeness (QED) is 0.402. The van der Waals surface area contributed by atoms with Crippen molar-refractivity contribution in [1.82, 2.24) is 10.2 Å². The molecule has 0 unspecified atom stereocenters. The molecule has 0 spiro atoms. The molecule has 8 nitrogen and oxygen atoms in total. The van der Waals surface area contributed by atoms with Gasteiger partial charge in [0, 0.05) is 10.3 Å². The number of nitrogens with one attached hydrogen (secondary N) is 1.